The number of esters is 1. The highest BCUT2D eigenvalue weighted by atomic mass is 32.1. The summed E-state index contributed by atoms with van der Waals surface area (Å²) in [7, 11) is 0. The quantitative estimate of drug-likeness (QED) is 0.598. The molecule has 22 heavy (non-hydrogen) atoms. The molecule has 1 spiro atoms. The fourth-order valence-electron chi connectivity index (χ4n) is 3.47. The zero-order valence-electron chi connectivity index (χ0n) is 14.2. The number of hydrogen-bond donors (Lipinski definition) is 2. The standard InChI is InChI=1S/C16H29N3O2S/c1-5-15(3,4)12-7-9-16(10-8-12)17-14(22)19(18-16)11-13(20)21-6-2/h12,18H,5-11H2,1-4H3,(H,17,22). The van der Waals surface area contributed by atoms with E-state index in [1.54, 1.807) is 5.01 Å². The van der Waals surface area contributed by atoms with Crippen LogP contribution in [-0.2, 0) is 9.53 Å². The maximum absolute atomic E-state index is 11.6. The van der Waals surface area contributed by atoms with Gasteiger partial charge in [-0.3, -0.25) is 9.80 Å². The van der Waals surface area contributed by atoms with E-state index in [1.807, 2.05) is 6.92 Å². The van der Waals surface area contributed by atoms with Crippen molar-refractivity contribution in [1.82, 2.24) is 15.8 Å². The average Bonchev–Trinajstić information content (AvgIpc) is 2.75. The van der Waals surface area contributed by atoms with E-state index in [1.165, 1.54) is 19.3 Å². The van der Waals surface area contributed by atoms with Crippen molar-refractivity contribution in [2.24, 2.45) is 11.3 Å². The van der Waals surface area contributed by atoms with Crippen LogP contribution in [0.5, 0.6) is 0 Å². The van der Waals surface area contributed by atoms with Crippen molar-refractivity contribution < 1.29 is 9.53 Å². The maximum Gasteiger partial charge on any atom is 0.327 e. The predicted octanol–water partition coefficient (Wildman–Crippen LogP) is 2.57. The van der Waals surface area contributed by atoms with Crippen molar-refractivity contribution in [2.45, 2.75) is 65.5 Å². The summed E-state index contributed by atoms with van der Waals surface area (Å²) in [4.78, 5) is 11.6. The third-order valence-corrected chi connectivity index (χ3v) is 5.71. The van der Waals surface area contributed by atoms with Crippen LogP contribution in [-0.4, -0.2) is 34.9 Å². The number of hydrogen-bond acceptors (Lipinski definition) is 4. The van der Waals surface area contributed by atoms with Gasteiger partial charge in [-0.25, -0.2) is 5.43 Å². The summed E-state index contributed by atoms with van der Waals surface area (Å²) in [5.74, 6) is 0.497. The van der Waals surface area contributed by atoms with Crippen LogP contribution in [0, 0.1) is 11.3 Å². The largest absolute Gasteiger partial charge is 0.465 e. The molecule has 6 heteroatoms. The van der Waals surface area contributed by atoms with Crippen LogP contribution in [0.3, 0.4) is 0 Å². The Morgan fingerprint density at radius 2 is 2.05 bits per heavy atom. The van der Waals surface area contributed by atoms with E-state index in [4.69, 9.17) is 17.0 Å². The Labute approximate surface area is 139 Å². The van der Waals surface area contributed by atoms with Crippen molar-refractivity contribution in [3.8, 4) is 0 Å². The van der Waals surface area contributed by atoms with Crippen LogP contribution in [0.4, 0.5) is 0 Å². The van der Waals surface area contributed by atoms with E-state index in [2.05, 4.69) is 31.5 Å². The third-order valence-electron chi connectivity index (χ3n) is 5.39. The molecule has 0 amide bonds. The molecule has 1 heterocycles. The smallest absolute Gasteiger partial charge is 0.327 e. The number of nitrogens with zero attached hydrogens (tertiary/aromatic N) is 1. The Kier molecular flexibility index (Phi) is 5.33. The molecule has 126 valence electrons. The van der Waals surface area contributed by atoms with Crippen LogP contribution in [0.1, 0.15) is 59.8 Å². The fourth-order valence-corrected chi connectivity index (χ4v) is 3.78. The van der Waals surface area contributed by atoms with Gasteiger partial charge in [0.2, 0.25) is 0 Å². The van der Waals surface area contributed by atoms with Crippen molar-refractivity contribution in [3.63, 3.8) is 0 Å². The topological polar surface area (TPSA) is 53.6 Å². The molecule has 2 fully saturated rings. The second-order valence-corrected chi connectivity index (χ2v) is 7.52. The second-order valence-electron chi connectivity index (χ2n) is 7.13. The number of nitrogens with one attached hydrogen (secondary N) is 2. The molecular formula is C16H29N3O2S. The lowest BCUT2D eigenvalue weighted by Gasteiger charge is -2.43. The maximum atomic E-state index is 11.6. The first-order valence-electron chi connectivity index (χ1n) is 8.35. The van der Waals surface area contributed by atoms with Crippen molar-refractivity contribution in [3.05, 3.63) is 0 Å². The van der Waals surface area contributed by atoms with Gasteiger partial charge in [-0.05, 0) is 56.2 Å². The minimum absolute atomic E-state index is 0.158. The summed E-state index contributed by atoms with van der Waals surface area (Å²) in [5.41, 5.74) is 3.63. The van der Waals surface area contributed by atoms with Gasteiger partial charge in [0.15, 0.2) is 5.11 Å². The molecule has 0 unspecified atom stereocenters. The first kappa shape index (κ1) is 17.5. The van der Waals surface area contributed by atoms with Gasteiger partial charge in [-0.2, -0.15) is 0 Å². The van der Waals surface area contributed by atoms with E-state index in [9.17, 15) is 4.79 Å². The molecule has 1 saturated heterocycles. The van der Waals surface area contributed by atoms with Gasteiger partial charge in [0.05, 0.1) is 6.61 Å². The van der Waals surface area contributed by atoms with Crippen LogP contribution >= 0.6 is 12.2 Å². The molecule has 0 bridgehead atoms. The summed E-state index contributed by atoms with van der Waals surface area (Å²) < 4.78 is 5.00. The lowest BCUT2D eigenvalue weighted by Crippen LogP contribution is -2.54. The van der Waals surface area contributed by atoms with Crippen LogP contribution in [0.2, 0.25) is 0 Å². The van der Waals surface area contributed by atoms with E-state index >= 15 is 0 Å². The highest BCUT2D eigenvalue weighted by Gasteiger charge is 2.45. The average molecular weight is 327 g/mol. The molecule has 1 aliphatic heterocycles. The number of ether oxygens (including phenoxy) is 1. The highest BCUT2D eigenvalue weighted by molar-refractivity contribution is 7.80. The molecule has 0 aromatic heterocycles. The monoisotopic (exact) mass is 327 g/mol. The normalized spacial score (nSPS) is 28.8. The van der Waals surface area contributed by atoms with E-state index < -0.39 is 0 Å². The number of hydrazine groups is 1. The second kappa shape index (κ2) is 6.71. The summed E-state index contributed by atoms with van der Waals surface area (Å²) in [6.07, 6.45) is 5.62. The van der Waals surface area contributed by atoms with Crippen molar-refractivity contribution in [2.75, 3.05) is 13.2 Å². The molecule has 2 N–H and O–H groups in total. The Morgan fingerprint density at radius 3 is 2.59 bits per heavy atom. The van der Waals surface area contributed by atoms with E-state index in [0.29, 0.717) is 17.1 Å². The summed E-state index contributed by atoms with van der Waals surface area (Å²) in [5, 5.41) is 5.71. The predicted molar refractivity (Wildman–Crippen MR) is 91.0 cm³/mol. The lowest BCUT2D eigenvalue weighted by atomic mass is 9.67. The Hall–Kier alpha value is -0.880. The van der Waals surface area contributed by atoms with Gasteiger partial charge in [0.1, 0.15) is 12.2 Å². The number of carbonyl (C=O) groups is 1. The first-order valence-corrected chi connectivity index (χ1v) is 8.76. The summed E-state index contributed by atoms with van der Waals surface area (Å²) in [6, 6.07) is 0. The van der Waals surface area contributed by atoms with Gasteiger partial charge in [0.25, 0.3) is 0 Å². The Balaban J connectivity index is 1.92. The van der Waals surface area contributed by atoms with E-state index in [-0.39, 0.29) is 18.2 Å². The zero-order chi connectivity index (χ0) is 16.4. The summed E-state index contributed by atoms with van der Waals surface area (Å²) >= 11 is 5.37. The summed E-state index contributed by atoms with van der Waals surface area (Å²) in [6.45, 7) is 9.36. The molecule has 0 aromatic carbocycles. The van der Waals surface area contributed by atoms with Gasteiger partial charge < -0.3 is 10.1 Å². The van der Waals surface area contributed by atoms with Crippen LogP contribution < -0.4 is 10.7 Å². The highest BCUT2D eigenvalue weighted by Crippen LogP contribution is 2.43. The third kappa shape index (κ3) is 3.71. The van der Waals surface area contributed by atoms with E-state index in [0.717, 1.165) is 18.8 Å². The molecular weight excluding hydrogens is 298 g/mol. The molecule has 1 aliphatic carbocycles. The van der Waals surface area contributed by atoms with Crippen LogP contribution in [0.25, 0.3) is 0 Å². The molecule has 5 nitrogen and oxygen atoms in total. The number of carbonyl (C=O) groups excluding carboxylic acids is 1. The molecule has 0 aromatic rings. The molecule has 0 radical (unpaired) electrons. The molecule has 1 saturated carbocycles. The molecule has 0 atom stereocenters. The van der Waals surface area contributed by atoms with Crippen LogP contribution in [0.15, 0.2) is 0 Å². The Bertz CT molecular complexity index is 431. The number of rotatable bonds is 5. The van der Waals surface area contributed by atoms with Crippen molar-refractivity contribution >= 4 is 23.3 Å². The number of thiocarbonyl (C=S) groups is 1. The fraction of sp³-hybridized carbons (Fsp3) is 0.875. The van der Waals surface area contributed by atoms with Gasteiger partial charge in [-0.15, -0.1) is 0 Å². The minimum Gasteiger partial charge on any atom is -0.465 e. The van der Waals surface area contributed by atoms with Gasteiger partial charge >= 0.3 is 5.97 Å². The van der Waals surface area contributed by atoms with Gasteiger partial charge in [0, 0.05) is 0 Å². The SMILES string of the molecule is CCOC(=O)CN1NC2(CCC(C(C)(C)CC)CC2)NC1=S. The van der Waals surface area contributed by atoms with Gasteiger partial charge in [-0.1, -0.05) is 27.2 Å². The lowest BCUT2D eigenvalue weighted by molar-refractivity contribution is -0.144. The zero-order valence-corrected chi connectivity index (χ0v) is 15.0. The minimum atomic E-state index is -0.253. The Morgan fingerprint density at radius 1 is 1.41 bits per heavy atom. The molecule has 2 aliphatic rings. The first-order chi connectivity index (χ1) is 10.3. The van der Waals surface area contributed by atoms with Crippen molar-refractivity contribution in [1.29, 1.82) is 0 Å². The molecule has 2 rings (SSSR count).